The molecule has 8 aromatic rings. The molecule has 8 rings (SSSR count). The van der Waals surface area contributed by atoms with Gasteiger partial charge in [0.05, 0.1) is 48.9 Å². The summed E-state index contributed by atoms with van der Waals surface area (Å²) in [5.74, 6) is 0.137. The summed E-state index contributed by atoms with van der Waals surface area (Å²) in [6.07, 6.45) is 8.44. The van der Waals surface area contributed by atoms with E-state index in [0.717, 1.165) is 4.57 Å². The van der Waals surface area contributed by atoms with Crippen LogP contribution in [0.15, 0.2) is 164 Å². The van der Waals surface area contributed by atoms with Crippen LogP contribution in [0, 0.1) is 34.0 Å². The van der Waals surface area contributed by atoms with E-state index in [1.165, 1.54) is 35.3 Å². The number of aromatic amines is 2. The van der Waals surface area contributed by atoms with Crippen LogP contribution in [0.2, 0.25) is 10.0 Å². The molecule has 5 heterocycles. The third-order valence-corrected chi connectivity index (χ3v) is 11.5. The van der Waals surface area contributed by atoms with Crippen LogP contribution in [0.1, 0.15) is 59.9 Å². The Kier molecular flexibility index (Phi) is 15.7. The van der Waals surface area contributed by atoms with Crippen LogP contribution in [-0.4, -0.2) is 61.4 Å². The van der Waals surface area contributed by atoms with E-state index in [1.807, 2.05) is 12.1 Å². The third kappa shape index (κ3) is 11.0. The van der Waals surface area contributed by atoms with Gasteiger partial charge in [0.15, 0.2) is 29.2 Å². The number of benzene rings is 3. The second-order valence-corrected chi connectivity index (χ2v) is 16.6. The maximum absolute atomic E-state index is 13.5. The first-order valence-electron chi connectivity index (χ1n) is 22.3. The molecule has 0 bridgehead atoms. The number of halogens is 2. The van der Waals surface area contributed by atoms with E-state index in [9.17, 15) is 25.4 Å². The van der Waals surface area contributed by atoms with Crippen molar-refractivity contribution in [3.05, 3.63) is 194 Å². The standard InChI is InChI=1S/C50H39Cl2N21O2/c1-5-6-19-57-29(4)72-40(25-55)36(17-11-18-53)64-49(72)70-68-42(44-62-34-15-9-7-13-30(34)46(74)66-44)27(2)60-37-22-33(52)38(23-32(37)51)61-28(3)43(45-63-35-16-10-8-14-31(35)47(75)67-45)69-71-50-65-39(24-54)41(26-56)73(50)48-58-20-12-21-59-48/h5-10,12-16,19-23,42-43,60-61H,1-3,11,17-18,53H2,4H3,(H,62,66,74)(H,63,67,75)/b19-6-,57-29?,70-68?,71-69?. The molecule has 2 atom stereocenters. The molecule has 0 fully saturated rings. The van der Waals surface area contributed by atoms with Gasteiger partial charge in [-0.1, -0.05) is 73.3 Å². The highest BCUT2D eigenvalue weighted by molar-refractivity contribution is 6.37. The number of aromatic nitrogens is 10. The molecule has 0 aliphatic heterocycles. The molecule has 0 radical (unpaired) electrons. The number of rotatable bonds is 18. The van der Waals surface area contributed by atoms with E-state index in [-0.39, 0.29) is 79.4 Å². The number of nitrogens with one attached hydrogen (secondary N) is 4. The minimum absolute atomic E-state index is 0.000400. The second-order valence-electron chi connectivity index (χ2n) is 15.8. The van der Waals surface area contributed by atoms with E-state index in [1.54, 1.807) is 73.7 Å². The number of hydrogen-bond donors (Lipinski definition) is 5. The van der Waals surface area contributed by atoms with Gasteiger partial charge in [0.2, 0.25) is 5.95 Å². The van der Waals surface area contributed by atoms with Gasteiger partial charge in [-0.3, -0.25) is 14.2 Å². The molecular weight excluding hydrogens is 998 g/mol. The van der Waals surface area contributed by atoms with Crippen LogP contribution >= 0.6 is 23.2 Å². The van der Waals surface area contributed by atoms with E-state index >= 15 is 0 Å². The van der Waals surface area contributed by atoms with Crippen molar-refractivity contribution < 1.29 is 0 Å². The zero-order valence-electron chi connectivity index (χ0n) is 39.4. The molecule has 6 N–H and O–H groups in total. The Morgan fingerprint density at radius 3 is 1.85 bits per heavy atom. The molecule has 0 aliphatic rings. The van der Waals surface area contributed by atoms with Crippen LogP contribution in [-0.2, 0) is 6.42 Å². The first kappa shape index (κ1) is 51.2. The lowest BCUT2D eigenvalue weighted by Gasteiger charge is -2.20. The predicted molar refractivity (Wildman–Crippen MR) is 282 cm³/mol. The fraction of sp³-hybridized carbons (Fsp3) is 0.120. The number of anilines is 2. The number of fused-ring (bicyclic) bond motifs is 2. The molecule has 0 spiro atoms. The maximum atomic E-state index is 13.5. The third-order valence-electron chi connectivity index (χ3n) is 10.9. The average Bonchev–Trinajstić information content (AvgIpc) is 3.97. The Hall–Kier alpha value is -10.1. The summed E-state index contributed by atoms with van der Waals surface area (Å²) >= 11 is 13.9. The quantitative estimate of drug-likeness (QED) is 0.0232. The van der Waals surface area contributed by atoms with E-state index < -0.39 is 23.2 Å². The normalized spacial score (nSPS) is 12.5. The summed E-state index contributed by atoms with van der Waals surface area (Å²) in [5.41, 5.74) is 6.36. The zero-order chi connectivity index (χ0) is 53.2. The average molecular weight is 1040 g/mol. The monoisotopic (exact) mass is 1040 g/mol. The molecule has 75 heavy (non-hydrogen) atoms. The number of para-hydroxylation sites is 2. The SMILES string of the molecule is C=C/C=C\N=C(C)n1c(N=NC(C(=C)Nc2cc(Cl)c(NC(=C)C(N=Nc3nc(C#N)c(C#N)n3-c3ncccn3)c3nc4ccccc4c(=O)[nH]3)cc2Cl)c2nc3ccccc3c(=O)[nH]2)nc(CCCN)c1C#N. The molecule has 0 saturated heterocycles. The number of nitriles is 3. The van der Waals surface area contributed by atoms with E-state index in [0.29, 0.717) is 52.7 Å². The molecule has 0 saturated carbocycles. The largest absolute Gasteiger partial charge is 0.356 e. The van der Waals surface area contributed by atoms with Crippen molar-refractivity contribution in [2.45, 2.75) is 31.8 Å². The summed E-state index contributed by atoms with van der Waals surface area (Å²) < 4.78 is 2.61. The molecule has 370 valence electrons. The van der Waals surface area contributed by atoms with Gasteiger partial charge in [-0.25, -0.2) is 34.5 Å². The number of aryl methyl sites for hydroxylation is 1. The number of imidazole rings is 2. The molecule has 0 amide bonds. The number of hydrogen-bond acceptors (Lipinski definition) is 19. The zero-order valence-corrected chi connectivity index (χ0v) is 41.0. The molecular formula is C50H39Cl2N21O2. The highest BCUT2D eigenvalue weighted by Crippen LogP contribution is 2.38. The van der Waals surface area contributed by atoms with Gasteiger partial charge in [0.1, 0.15) is 35.7 Å². The van der Waals surface area contributed by atoms with Crippen LogP contribution in [0.5, 0.6) is 0 Å². The number of nitrogens with zero attached hydrogens (tertiary/aromatic N) is 16. The van der Waals surface area contributed by atoms with Crippen LogP contribution in [0.25, 0.3) is 27.8 Å². The van der Waals surface area contributed by atoms with Gasteiger partial charge in [-0.05, 0) is 74.9 Å². The van der Waals surface area contributed by atoms with Gasteiger partial charge in [-0.2, -0.15) is 31.0 Å². The second kappa shape index (κ2) is 23.0. The van der Waals surface area contributed by atoms with Crippen molar-refractivity contribution in [3.8, 4) is 24.2 Å². The topological polar surface area (TPSA) is 336 Å². The highest BCUT2D eigenvalue weighted by Gasteiger charge is 2.26. The molecule has 0 aliphatic carbocycles. The summed E-state index contributed by atoms with van der Waals surface area (Å²) in [6, 6.07) is 21.4. The molecule has 25 heteroatoms. The first-order valence-corrected chi connectivity index (χ1v) is 23.1. The summed E-state index contributed by atoms with van der Waals surface area (Å²) in [6.45, 7) is 14.1. The maximum Gasteiger partial charge on any atom is 0.258 e. The Morgan fingerprint density at radius 1 is 0.787 bits per heavy atom. The first-order chi connectivity index (χ1) is 36.4. The molecule has 5 aromatic heterocycles. The number of nitrogens with two attached hydrogens (primary N) is 1. The van der Waals surface area contributed by atoms with E-state index in [2.05, 4.69) is 96.8 Å². The minimum atomic E-state index is -1.29. The minimum Gasteiger partial charge on any atom is -0.356 e. The fourth-order valence-corrected chi connectivity index (χ4v) is 7.82. The van der Waals surface area contributed by atoms with Gasteiger partial charge in [0, 0.05) is 30.0 Å². The van der Waals surface area contributed by atoms with Crippen molar-refractivity contribution in [1.82, 2.24) is 49.0 Å². The van der Waals surface area contributed by atoms with Crippen molar-refractivity contribution in [2.24, 2.45) is 31.2 Å². The number of aliphatic imine (C=N–C) groups is 1. The smallest absolute Gasteiger partial charge is 0.258 e. The lowest BCUT2D eigenvalue weighted by molar-refractivity contribution is 0.724. The van der Waals surface area contributed by atoms with Crippen LogP contribution < -0.4 is 27.5 Å². The van der Waals surface area contributed by atoms with Crippen LogP contribution in [0.4, 0.5) is 23.3 Å². The summed E-state index contributed by atoms with van der Waals surface area (Å²) in [5, 5.41) is 55.1. The molecule has 3 aromatic carbocycles. The summed E-state index contributed by atoms with van der Waals surface area (Å²) in [4.78, 5) is 63.4. The Morgan fingerprint density at radius 2 is 1.33 bits per heavy atom. The van der Waals surface area contributed by atoms with E-state index in [4.69, 9.17) is 33.9 Å². The lowest BCUT2D eigenvalue weighted by Crippen LogP contribution is -2.18. The van der Waals surface area contributed by atoms with Crippen LogP contribution in [0.3, 0.4) is 0 Å². The number of H-pyrrole nitrogens is 2. The van der Waals surface area contributed by atoms with Crippen molar-refractivity contribution >= 4 is 74.1 Å². The highest BCUT2D eigenvalue weighted by atomic mass is 35.5. The van der Waals surface area contributed by atoms with Gasteiger partial charge in [-0.15, -0.1) is 10.2 Å². The van der Waals surface area contributed by atoms with Crippen molar-refractivity contribution in [2.75, 3.05) is 17.2 Å². The molecule has 2 unspecified atom stereocenters. The Bertz CT molecular complexity index is 3940. The van der Waals surface area contributed by atoms with Gasteiger partial charge in [0.25, 0.3) is 23.0 Å². The molecule has 23 nitrogen and oxygen atoms in total. The van der Waals surface area contributed by atoms with Gasteiger partial charge < -0.3 is 26.3 Å². The fourth-order valence-electron chi connectivity index (χ4n) is 7.39. The van der Waals surface area contributed by atoms with Gasteiger partial charge >= 0.3 is 0 Å². The Balaban J connectivity index is 1.15. The number of allylic oxidation sites excluding steroid dienone is 2. The van der Waals surface area contributed by atoms with Crippen molar-refractivity contribution in [1.29, 1.82) is 15.8 Å². The Labute approximate surface area is 435 Å². The number of azo groups is 2. The van der Waals surface area contributed by atoms with Crippen molar-refractivity contribution in [3.63, 3.8) is 0 Å². The predicted octanol–water partition coefficient (Wildman–Crippen LogP) is 9.01. The lowest BCUT2D eigenvalue weighted by atomic mass is 10.1. The summed E-state index contributed by atoms with van der Waals surface area (Å²) in [7, 11) is 0.